The maximum absolute atomic E-state index is 11.4. The molecule has 5 nitrogen and oxygen atoms in total. The van der Waals surface area contributed by atoms with E-state index in [1.807, 2.05) is 0 Å². The van der Waals surface area contributed by atoms with Gasteiger partial charge in [0.1, 0.15) is 11.0 Å². The van der Waals surface area contributed by atoms with E-state index in [1.165, 1.54) is 12.1 Å². The molecule has 0 fully saturated rings. The van der Waals surface area contributed by atoms with Crippen LogP contribution in [0.4, 0.5) is 0 Å². The highest BCUT2D eigenvalue weighted by molar-refractivity contribution is 7.90. The average molecular weight is 254 g/mol. The lowest BCUT2D eigenvalue weighted by Crippen LogP contribution is -2.24. The molecule has 78 valence electrons. The number of nitrogens with one attached hydrogen (secondary N) is 1. The van der Waals surface area contributed by atoms with Gasteiger partial charge in [0.2, 0.25) is 0 Å². The number of hydrogen-bond acceptors (Lipinski definition) is 2. The molecule has 1 aromatic rings. The molecule has 0 amide bonds. The zero-order valence-corrected chi connectivity index (χ0v) is 9.48. The van der Waals surface area contributed by atoms with E-state index in [9.17, 15) is 8.77 Å². The van der Waals surface area contributed by atoms with Gasteiger partial charge in [0.15, 0.2) is 0 Å². The first-order valence-electron chi connectivity index (χ1n) is 3.51. The van der Waals surface area contributed by atoms with Crippen LogP contribution in [0.3, 0.4) is 0 Å². The minimum atomic E-state index is -3.48. The standard InChI is InChI=1S/C6H9ClN3O2PS/c7-5-1-3-6(4-2-5)14(12)10-13(8,9)11/h1-4H,(H5,8,9,10,11). The second-order valence-electron chi connectivity index (χ2n) is 2.52. The van der Waals surface area contributed by atoms with Crippen molar-refractivity contribution in [2.45, 2.75) is 4.90 Å². The Morgan fingerprint density at radius 3 is 2.21 bits per heavy atom. The predicted molar refractivity (Wildman–Crippen MR) is 57.0 cm³/mol. The van der Waals surface area contributed by atoms with E-state index < -0.39 is 18.6 Å². The van der Waals surface area contributed by atoms with Crippen LogP contribution in [0.25, 0.3) is 0 Å². The molecule has 1 aromatic carbocycles. The first-order valence-corrected chi connectivity index (χ1v) is 6.88. The van der Waals surface area contributed by atoms with Gasteiger partial charge >= 0.3 is 0 Å². The first-order chi connectivity index (χ1) is 6.38. The van der Waals surface area contributed by atoms with E-state index in [4.69, 9.17) is 22.6 Å². The van der Waals surface area contributed by atoms with Crippen LogP contribution >= 0.6 is 19.2 Å². The second-order valence-corrected chi connectivity index (χ2v) is 6.12. The fraction of sp³-hybridized carbons (Fsp3) is 0. The Balaban J connectivity index is 2.81. The summed E-state index contributed by atoms with van der Waals surface area (Å²) in [5.74, 6) is 0. The summed E-state index contributed by atoms with van der Waals surface area (Å²) in [6.45, 7) is 0. The molecule has 0 aromatic heterocycles. The van der Waals surface area contributed by atoms with Crippen LogP contribution in [0.2, 0.25) is 5.02 Å². The third-order valence-corrected chi connectivity index (χ3v) is 4.01. The average Bonchev–Trinajstić information content (AvgIpc) is 2.02. The maximum atomic E-state index is 11.4. The summed E-state index contributed by atoms with van der Waals surface area (Å²) < 4.78 is 24.4. The third-order valence-electron chi connectivity index (χ3n) is 1.25. The second kappa shape index (κ2) is 4.53. The molecule has 5 N–H and O–H groups in total. The van der Waals surface area contributed by atoms with Crippen molar-refractivity contribution in [2.75, 3.05) is 0 Å². The van der Waals surface area contributed by atoms with Crippen LogP contribution in [-0.4, -0.2) is 4.21 Å². The summed E-state index contributed by atoms with van der Waals surface area (Å²) in [7, 11) is -5.17. The van der Waals surface area contributed by atoms with Crippen LogP contribution in [0.15, 0.2) is 29.2 Å². The molecule has 1 atom stereocenters. The van der Waals surface area contributed by atoms with E-state index in [1.54, 1.807) is 12.1 Å². The smallest absolute Gasteiger partial charge is 0.270 e. The molecule has 1 unspecified atom stereocenters. The summed E-state index contributed by atoms with van der Waals surface area (Å²) in [6, 6.07) is 6.19. The monoisotopic (exact) mass is 253 g/mol. The van der Waals surface area contributed by atoms with Gasteiger partial charge in [0.05, 0.1) is 4.90 Å². The summed E-state index contributed by atoms with van der Waals surface area (Å²) in [6.07, 6.45) is 0. The van der Waals surface area contributed by atoms with Gasteiger partial charge in [0.25, 0.3) is 7.59 Å². The zero-order chi connectivity index (χ0) is 10.8. The van der Waals surface area contributed by atoms with Gasteiger partial charge in [-0.1, -0.05) is 11.6 Å². The Kier molecular flexibility index (Phi) is 3.83. The highest BCUT2D eigenvalue weighted by Gasteiger charge is 2.13. The van der Waals surface area contributed by atoms with Crippen LogP contribution in [0.5, 0.6) is 0 Å². The van der Waals surface area contributed by atoms with Crippen LogP contribution < -0.4 is 15.5 Å². The van der Waals surface area contributed by atoms with Crippen molar-refractivity contribution in [3.05, 3.63) is 29.3 Å². The summed E-state index contributed by atoms with van der Waals surface area (Å²) in [5.41, 5.74) is 10.0. The molecule has 0 spiro atoms. The SMILES string of the molecule is NP(N)(=O)NS(=O)c1ccc(Cl)cc1. The van der Waals surface area contributed by atoms with Gasteiger partial charge in [0, 0.05) is 5.02 Å². The number of hydrogen-bond donors (Lipinski definition) is 3. The van der Waals surface area contributed by atoms with Gasteiger partial charge in [-0.25, -0.2) is 4.21 Å². The first kappa shape index (κ1) is 11.8. The Morgan fingerprint density at radius 2 is 1.79 bits per heavy atom. The number of rotatable bonds is 3. The van der Waals surface area contributed by atoms with E-state index in [-0.39, 0.29) is 0 Å². The largest absolute Gasteiger partial charge is 0.285 e. The molecular weight excluding hydrogens is 245 g/mol. The van der Waals surface area contributed by atoms with E-state index >= 15 is 0 Å². The summed E-state index contributed by atoms with van der Waals surface area (Å²) in [4.78, 5) is 0.408. The van der Waals surface area contributed by atoms with Crippen molar-refractivity contribution in [1.29, 1.82) is 0 Å². The topological polar surface area (TPSA) is 98.2 Å². The lowest BCUT2D eigenvalue weighted by Gasteiger charge is -2.07. The van der Waals surface area contributed by atoms with Crippen molar-refractivity contribution >= 4 is 30.2 Å². The minimum absolute atomic E-state index is 0.408. The van der Waals surface area contributed by atoms with Gasteiger partial charge < -0.3 is 0 Å². The van der Waals surface area contributed by atoms with Crippen molar-refractivity contribution in [2.24, 2.45) is 11.0 Å². The molecule has 0 aliphatic heterocycles. The van der Waals surface area contributed by atoms with Crippen molar-refractivity contribution in [3.8, 4) is 0 Å². The fourth-order valence-electron chi connectivity index (χ4n) is 0.740. The lowest BCUT2D eigenvalue weighted by molar-refractivity contribution is 0.574. The Bertz CT molecular complexity index is 391. The zero-order valence-electron chi connectivity index (χ0n) is 7.01. The van der Waals surface area contributed by atoms with Gasteiger partial charge in [-0.3, -0.25) is 15.6 Å². The van der Waals surface area contributed by atoms with Gasteiger partial charge in [-0.15, -0.1) is 0 Å². The highest BCUT2D eigenvalue weighted by Crippen LogP contribution is 2.21. The molecular formula is C6H9ClN3O2PS. The van der Waals surface area contributed by atoms with Crippen molar-refractivity contribution in [3.63, 3.8) is 0 Å². The number of halogens is 1. The van der Waals surface area contributed by atoms with Crippen LogP contribution in [0.1, 0.15) is 0 Å². The normalized spacial score (nSPS) is 13.9. The molecule has 0 bridgehead atoms. The molecule has 0 saturated carbocycles. The van der Waals surface area contributed by atoms with Gasteiger partial charge in [-0.05, 0) is 24.3 Å². The van der Waals surface area contributed by atoms with Crippen molar-refractivity contribution < 1.29 is 8.77 Å². The Labute approximate surface area is 88.9 Å². The number of nitrogens with two attached hydrogens (primary N) is 2. The van der Waals surface area contributed by atoms with E-state index in [0.29, 0.717) is 9.92 Å². The quantitative estimate of drug-likeness (QED) is 0.699. The molecule has 8 heteroatoms. The maximum Gasteiger partial charge on any atom is 0.285 e. The van der Waals surface area contributed by atoms with Crippen molar-refractivity contribution in [1.82, 2.24) is 4.49 Å². The lowest BCUT2D eigenvalue weighted by atomic mass is 10.4. The predicted octanol–water partition coefficient (Wildman–Crippen LogP) is 0.978. The third kappa shape index (κ3) is 3.88. The van der Waals surface area contributed by atoms with Crippen LogP contribution in [-0.2, 0) is 15.6 Å². The van der Waals surface area contributed by atoms with Crippen LogP contribution in [0, 0.1) is 0 Å². The minimum Gasteiger partial charge on any atom is -0.270 e. The molecule has 0 heterocycles. The molecule has 14 heavy (non-hydrogen) atoms. The number of benzene rings is 1. The molecule has 0 saturated heterocycles. The van der Waals surface area contributed by atoms with E-state index in [0.717, 1.165) is 0 Å². The Hall–Kier alpha value is -0.230. The molecule has 0 radical (unpaired) electrons. The fourth-order valence-corrected chi connectivity index (χ4v) is 2.71. The van der Waals surface area contributed by atoms with Gasteiger partial charge in [-0.2, -0.15) is 4.49 Å². The Morgan fingerprint density at radius 1 is 1.29 bits per heavy atom. The highest BCUT2D eigenvalue weighted by atomic mass is 35.5. The molecule has 0 aliphatic carbocycles. The molecule has 1 rings (SSSR count). The van der Waals surface area contributed by atoms with E-state index in [2.05, 4.69) is 4.49 Å². The summed E-state index contributed by atoms with van der Waals surface area (Å²) in [5, 5.41) is 0.523. The summed E-state index contributed by atoms with van der Waals surface area (Å²) >= 11 is 5.63. The molecule has 0 aliphatic rings.